The number of nitrogens with zero attached hydrogens (tertiary/aromatic N) is 3. The molecule has 1 unspecified atom stereocenters. The van der Waals surface area contributed by atoms with Crippen molar-refractivity contribution in [2.75, 3.05) is 7.11 Å². The molecule has 0 amide bonds. The summed E-state index contributed by atoms with van der Waals surface area (Å²) in [5, 5.41) is 0.785. The molecule has 4 aromatic rings. The van der Waals surface area contributed by atoms with E-state index in [9.17, 15) is 0 Å². The monoisotopic (exact) mass is 545 g/mol. The van der Waals surface area contributed by atoms with Gasteiger partial charge in [-0.05, 0) is 51.2 Å². The molecule has 6 rings (SSSR count). The Bertz CT molecular complexity index is 1590. The van der Waals surface area contributed by atoms with E-state index in [0.29, 0.717) is 11.1 Å². The Kier molecular flexibility index (Phi) is 5.36. The van der Waals surface area contributed by atoms with Gasteiger partial charge in [0.05, 0.1) is 12.7 Å². The zero-order valence-corrected chi connectivity index (χ0v) is 20.4. The fourth-order valence-electron chi connectivity index (χ4n) is 5.02. The van der Waals surface area contributed by atoms with Crippen LogP contribution in [0.1, 0.15) is 22.5 Å². The van der Waals surface area contributed by atoms with Crippen LogP contribution in [0.15, 0.2) is 72.4 Å². The predicted molar refractivity (Wildman–Crippen MR) is 130 cm³/mol. The third-order valence-corrected chi connectivity index (χ3v) is 7.77. The minimum atomic E-state index is -5.60. The molecule has 0 bridgehead atoms. The van der Waals surface area contributed by atoms with Crippen molar-refractivity contribution in [2.45, 2.75) is 24.1 Å². The maximum Gasteiger partial charge on any atom is 0.375 e. The zero-order chi connectivity index (χ0) is 26.9. The minimum Gasteiger partial charge on any atom is -0.481 e. The molecule has 0 spiro atoms. The first-order chi connectivity index (χ1) is 18.1. The molecule has 1 atom stereocenters. The highest BCUT2D eigenvalue weighted by Crippen LogP contribution is 2.60. The molecule has 2 aromatic heterocycles. The number of allylic oxidation sites excluding steroid dienone is 1. The number of halogens is 6. The number of alkyl halides is 5. The summed E-state index contributed by atoms with van der Waals surface area (Å²) in [6.07, 6.45) is 1.05. The van der Waals surface area contributed by atoms with E-state index in [0.717, 1.165) is 40.9 Å². The van der Waals surface area contributed by atoms with Crippen molar-refractivity contribution in [1.29, 1.82) is 0 Å². The van der Waals surface area contributed by atoms with Crippen molar-refractivity contribution in [3.63, 3.8) is 0 Å². The van der Waals surface area contributed by atoms with Crippen LogP contribution in [0.2, 0.25) is 0 Å². The number of methoxy groups -OCH3 is 1. The predicted octanol–water partition coefficient (Wildman–Crippen LogP) is 7.42. The van der Waals surface area contributed by atoms with Gasteiger partial charge in [-0.25, -0.2) is 9.37 Å². The standard InChI is InChI=1S/C27H17F6N3OS/c1-37-22-10-11-34-24(35-22)26(30)27(31,32)25(28,29)20(14-36(26)33)17-8-9-18(21-7-4-12-38-21)23-16-6-3-2-5-15(16)13-19(17)23/h2-12,14H,13H2,1H3. The van der Waals surface area contributed by atoms with Crippen molar-refractivity contribution in [2.24, 2.45) is 0 Å². The lowest BCUT2D eigenvalue weighted by atomic mass is 9.83. The minimum absolute atomic E-state index is 0.0731. The quantitative estimate of drug-likeness (QED) is 0.134. The van der Waals surface area contributed by atoms with Crippen molar-refractivity contribution in [1.82, 2.24) is 15.1 Å². The lowest BCUT2D eigenvalue weighted by Gasteiger charge is -2.43. The Morgan fingerprint density at radius 1 is 0.921 bits per heavy atom. The smallest absolute Gasteiger partial charge is 0.375 e. The first-order valence-corrected chi connectivity index (χ1v) is 12.3. The molecular weight excluding hydrogens is 528 g/mol. The van der Waals surface area contributed by atoms with Gasteiger partial charge in [0, 0.05) is 23.3 Å². The number of hydrogen-bond donors (Lipinski definition) is 0. The van der Waals surface area contributed by atoms with E-state index in [1.54, 1.807) is 18.2 Å². The number of benzene rings is 2. The first-order valence-electron chi connectivity index (χ1n) is 11.4. The van der Waals surface area contributed by atoms with Gasteiger partial charge in [-0.15, -0.1) is 11.3 Å². The normalized spacial score (nSPS) is 21.0. The van der Waals surface area contributed by atoms with Crippen LogP contribution in [-0.2, 0) is 12.2 Å². The van der Waals surface area contributed by atoms with Crippen LogP contribution < -0.4 is 4.74 Å². The van der Waals surface area contributed by atoms with Crippen LogP contribution in [0, 0.1) is 0 Å². The number of hydrogen-bond acceptors (Lipinski definition) is 5. The van der Waals surface area contributed by atoms with Crippen LogP contribution in [0.25, 0.3) is 27.1 Å². The zero-order valence-electron chi connectivity index (χ0n) is 19.6. The molecule has 1 aliphatic heterocycles. The van der Waals surface area contributed by atoms with Crippen molar-refractivity contribution < 1.29 is 31.2 Å². The summed E-state index contributed by atoms with van der Waals surface area (Å²) in [6.45, 7) is 0. The Hall–Kier alpha value is -3.86. The maximum atomic E-state index is 15.8. The molecule has 3 heterocycles. The lowest BCUT2D eigenvalue weighted by molar-refractivity contribution is -0.330. The van der Waals surface area contributed by atoms with Crippen LogP contribution in [0.3, 0.4) is 0 Å². The highest BCUT2D eigenvalue weighted by molar-refractivity contribution is 7.13. The van der Waals surface area contributed by atoms with E-state index in [-0.39, 0.29) is 18.2 Å². The molecule has 1 aliphatic carbocycles. The summed E-state index contributed by atoms with van der Waals surface area (Å²) < 4.78 is 98.2. The average Bonchev–Trinajstić information content (AvgIpc) is 3.58. The van der Waals surface area contributed by atoms with Crippen molar-refractivity contribution in [3.05, 3.63) is 94.9 Å². The summed E-state index contributed by atoms with van der Waals surface area (Å²) in [6, 6.07) is 14.8. The molecule has 38 heavy (non-hydrogen) atoms. The third kappa shape index (κ3) is 3.17. The summed E-state index contributed by atoms with van der Waals surface area (Å²) in [7, 11) is 1.11. The van der Waals surface area contributed by atoms with E-state index < -0.39 is 40.0 Å². The number of ether oxygens (including phenoxy) is 1. The highest BCUT2D eigenvalue weighted by atomic mass is 32.1. The molecule has 0 fully saturated rings. The largest absolute Gasteiger partial charge is 0.481 e. The second kappa shape index (κ2) is 8.32. The van der Waals surface area contributed by atoms with Crippen molar-refractivity contribution in [3.8, 4) is 27.4 Å². The topological polar surface area (TPSA) is 38.2 Å². The fourth-order valence-corrected chi connectivity index (χ4v) is 5.78. The van der Waals surface area contributed by atoms with Gasteiger partial charge in [-0.3, -0.25) is 0 Å². The second-order valence-electron chi connectivity index (χ2n) is 8.87. The summed E-state index contributed by atoms with van der Waals surface area (Å²) in [5.74, 6) is -17.3. The summed E-state index contributed by atoms with van der Waals surface area (Å²) in [4.78, 5) is 7.57. The number of thiophene rings is 1. The van der Waals surface area contributed by atoms with Gasteiger partial charge < -0.3 is 4.74 Å². The molecule has 0 saturated heterocycles. The molecule has 194 valence electrons. The van der Waals surface area contributed by atoms with Crippen LogP contribution in [0.5, 0.6) is 5.88 Å². The molecule has 0 N–H and O–H groups in total. The van der Waals surface area contributed by atoms with Gasteiger partial charge in [-0.1, -0.05) is 46.9 Å². The second-order valence-corrected chi connectivity index (χ2v) is 9.82. The first kappa shape index (κ1) is 24.5. The molecule has 11 heteroatoms. The number of fused-ring (bicyclic) bond motifs is 3. The fraction of sp³-hybridized carbons (Fsp3) is 0.185. The molecule has 2 aliphatic rings. The van der Waals surface area contributed by atoms with Crippen LogP contribution in [0.4, 0.5) is 26.4 Å². The molecule has 0 radical (unpaired) electrons. The third-order valence-electron chi connectivity index (χ3n) is 6.86. The SMILES string of the molecule is COc1ccnc(C2(F)N(F)C=C(c3ccc(-c4cccs4)c4c3Cc3ccccc3-4)C(F)(F)C2(F)F)n1. The van der Waals surface area contributed by atoms with Gasteiger partial charge in [0.15, 0.2) is 5.82 Å². The van der Waals surface area contributed by atoms with Gasteiger partial charge >= 0.3 is 17.6 Å². The van der Waals surface area contributed by atoms with E-state index in [4.69, 9.17) is 4.74 Å². The van der Waals surface area contributed by atoms with Crippen molar-refractivity contribution >= 4 is 16.9 Å². The average molecular weight is 546 g/mol. The molecule has 0 saturated carbocycles. The Morgan fingerprint density at radius 3 is 2.42 bits per heavy atom. The summed E-state index contributed by atoms with van der Waals surface area (Å²) in [5.41, 5.74) is 1.59. The molecular formula is C27H17F6N3OS. The van der Waals surface area contributed by atoms with Gasteiger partial charge in [0.2, 0.25) is 5.88 Å². The van der Waals surface area contributed by atoms with E-state index >= 15 is 26.4 Å². The van der Waals surface area contributed by atoms with E-state index in [2.05, 4.69) is 9.97 Å². The molecule has 4 nitrogen and oxygen atoms in total. The van der Waals surface area contributed by atoms with Gasteiger partial charge in [-0.2, -0.15) is 27.7 Å². The Morgan fingerprint density at radius 2 is 1.68 bits per heavy atom. The van der Waals surface area contributed by atoms with E-state index in [1.807, 2.05) is 29.6 Å². The number of aromatic nitrogens is 2. The molecule has 2 aromatic carbocycles. The maximum absolute atomic E-state index is 15.8. The summed E-state index contributed by atoms with van der Waals surface area (Å²) >= 11 is 1.43. The van der Waals surface area contributed by atoms with Gasteiger partial charge in [0.1, 0.15) is 0 Å². The highest BCUT2D eigenvalue weighted by Gasteiger charge is 2.79. The Balaban J connectivity index is 1.57. The van der Waals surface area contributed by atoms with Gasteiger partial charge in [0.25, 0.3) is 0 Å². The lowest BCUT2D eigenvalue weighted by Crippen LogP contribution is -2.63. The Labute approximate surface area is 216 Å². The van der Waals surface area contributed by atoms with Crippen LogP contribution >= 0.6 is 11.3 Å². The van der Waals surface area contributed by atoms with Crippen LogP contribution in [-0.4, -0.2) is 34.0 Å². The van der Waals surface area contributed by atoms with E-state index in [1.165, 1.54) is 17.4 Å². The number of rotatable bonds is 4.